The first-order valence-electron chi connectivity index (χ1n) is 8.12. The summed E-state index contributed by atoms with van der Waals surface area (Å²) >= 11 is 0. The Hall–Kier alpha value is -3.16. The standard InChI is InChI=1S/C18H24N4O4/c1-4-9-19-16(23)10-17(24)22-20-11-14-5-7-15(8-6-14)26-12-18(25)21-13(2)3/h4-8,11,13H,1,9-10,12H2,2-3H3,(H,19,23)(H,21,25)(H,22,24)/b20-11+. The van der Waals surface area contributed by atoms with E-state index in [9.17, 15) is 14.4 Å². The predicted molar refractivity (Wildman–Crippen MR) is 98.8 cm³/mol. The molecule has 3 N–H and O–H groups in total. The summed E-state index contributed by atoms with van der Waals surface area (Å²) in [6.45, 7) is 7.46. The Morgan fingerprint density at radius 3 is 2.46 bits per heavy atom. The van der Waals surface area contributed by atoms with E-state index in [4.69, 9.17) is 4.74 Å². The third-order valence-electron chi connectivity index (χ3n) is 2.87. The molecule has 0 saturated heterocycles. The number of ether oxygens (including phenoxy) is 1. The number of hydrogen-bond acceptors (Lipinski definition) is 5. The SMILES string of the molecule is C=CCNC(=O)CC(=O)N/N=C/c1ccc(OCC(=O)NC(C)C)cc1. The second-order valence-corrected chi connectivity index (χ2v) is 5.64. The van der Waals surface area contributed by atoms with Crippen molar-refractivity contribution >= 4 is 23.9 Å². The molecule has 140 valence electrons. The van der Waals surface area contributed by atoms with Crippen LogP contribution in [0.4, 0.5) is 0 Å². The van der Waals surface area contributed by atoms with Gasteiger partial charge in [0.25, 0.3) is 5.91 Å². The first-order chi connectivity index (χ1) is 12.4. The molecule has 0 fully saturated rings. The lowest BCUT2D eigenvalue weighted by molar-refractivity contribution is -0.129. The van der Waals surface area contributed by atoms with Gasteiger partial charge in [-0.15, -0.1) is 6.58 Å². The van der Waals surface area contributed by atoms with Crippen LogP contribution < -0.4 is 20.8 Å². The number of nitrogens with zero attached hydrogens (tertiary/aromatic N) is 1. The van der Waals surface area contributed by atoms with E-state index < -0.39 is 11.8 Å². The Kier molecular flexibility index (Phi) is 9.16. The number of rotatable bonds is 10. The molecule has 0 aliphatic heterocycles. The van der Waals surface area contributed by atoms with E-state index in [1.165, 1.54) is 12.3 Å². The molecule has 0 heterocycles. The molecule has 8 nitrogen and oxygen atoms in total. The zero-order valence-electron chi connectivity index (χ0n) is 15.0. The number of hydrazone groups is 1. The maximum atomic E-state index is 11.5. The van der Waals surface area contributed by atoms with Gasteiger partial charge in [-0.3, -0.25) is 14.4 Å². The van der Waals surface area contributed by atoms with Crippen LogP contribution in [0.2, 0.25) is 0 Å². The van der Waals surface area contributed by atoms with Gasteiger partial charge < -0.3 is 15.4 Å². The van der Waals surface area contributed by atoms with E-state index in [1.807, 2.05) is 13.8 Å². The fourth-order valence-corrected chi connectivity index (χ4v) is 1.78. The molecule has 8 heteroatoms. The minimum atomic E-state index is -0.515. The zero-order chi connectivity index (χ0) is 19.4. The molecule has 26 heavy (non-hydrogen) atoms. The van der Waals surface area contributed by atoms with E-state index in [2.05, 4.69) is 27.7 Å². The van der Waals surface area contributed by atoms with Crippen molar-refractivity contribution in [3.63, 3.8) is 0 Å². The van der Waals surface area contributed by atoms with Crippen LogP contribution in [0, 0.1) is 0 Å². The number of carbonyl (C=O) groups excluding carboxylic acids is 3. The van der Waals surface area contributed by atoms with Crippen LogP contribution in [-0.2, 0) is 14.4 Å². The number of nitrogens with one attached hydrogen (secondary N) is 3. The van der Waals surface area contributed by atoms with Gasteiger partial charge in [-0.1, -0.05) is 6.08 Å². The van der Waals surface area contributed by atoms with Crippen molar-refractivity contribution in [3.05, 3.63) is 42.5 Å². The molecule has 1 rings (SSSR count). The Labute approximate surface area is 152 Å². The lowest BCUT2D eigenvalue weighted by Gasteiger charge is -2.09. The van der Waals surface area contributed by atoms with E-state index in [0.29, 0.717) is 12.3 Å². The molecule has 1 aromatic rings. The van der Waals surface area contributed by atoms with Gasteiger partial charge in [-0.25, -0.2) is 5.43 Å². The molecule has 0 unspecified atom stereocenters. The molecular weight excluding hydrogens is 336 g/mol. The van der Waals surface area contributed by atoms with Crippen LogP contribution >= 0.6 is 0 Å². The molecule has 0 saturated carbocycles. The molecule has 0 aliphatic carbocycles. The first kappa shape index (κ1) is 20.9. The summed E-state index contributed by atoms with van der Waals surface area (Å²) < 4.78 is 5.36. The Bertz CT molecular complexity index is 654. The second kappa shape index (κ2) is 11.4. The third-order valence-corrected chi connectivity index (χ3v) is 2.87. The van der Waals surface area contributed by atoms with E-state index in [1.54, 1.807) is 24.3 Å². The highest BCUT2D eigenvalue weighted by Crippen LogP contribution is 2.10. The molecule has 0 spiro atoms. The summed E-state index contributed by atoms with van der Waals surface area (Å²) in [6, 6.07) is 6.89. The average Bonchev–Trinajstić information content (AvgIpc) is 2.58. The fourth-order valence-electron chi connectivity index (χ4n) is 1.78. The van der Waals surface area contributed by atoms with Crippen molar-refractivity contribution < 1.29 is 19.1 Å². The fraction of sp³-hybridized carbons (Fsp3) is 0.333. The summed E-state index contributed by atoms with van der Waals surface area (Å²) in [5.41, 5.74) is 2.99. The average molecular weight is 360 g/mol. The van der Waals surface area contributed by atoms with Crippen LogP contribution in [0.25, 0.3) is 0 Å². The summed E-state index contributed by atoms with van der Waals surface area (Å²) in [4.78, 5) is 34.4. The van der Waals surface area contributed by atoms with Gasteiger partial charge >= 0.3 is 0 Å². The third kappa shape index (κ3) is 9.21. The summed E-state index contributed by atoms with van der Waals surface area (Å²) in [7, 11) is 0. The van der Waals surface area contributed by atoms with Crippen LogP contribution in [0.1, 0.15) is 25.8 Å². The molecule has 3 amide bonds. The molecule has 0 aromatic heterocycles. The Morgan fingerprint density at radius 2 is 1.85 bits per heavy atom. The van der Waals surface area contributed by atoms with Gasteiger partial charge in [0.05, 0.1) is 6.21 Å². The lowest BCUT2D eigenvalue weighted by Crippen LogP contribution is -2.34. The van der Waals surface area contributed by atoms with Crippen molar-refractivity contribution in [2.45, 2.75) is 26.3 Å². The first-order valence-corrected chi connectivity index (χ1v) is 8.12. The lowest BCUT2D eigenvalue weighted by atomic mass is 10.2. The smallest absolute Gasteiger partial charge is 0.258 e. The van der Waals surface area contributed by atoms with Gasteiger partial charge in [0, 0.05) is 12.6 Å². The highest BCUT2D eigenvalue weighted by Gasteiger charge is 2.07. The van der Waals surface area contributed by atoms with Gasteiger partial charge in [-0.05, 0) is 43.7 Å². The monoisotopic (exact) mass is 360 g/mol. The number of hydrogen-bond donors (Lipinski definition) is 3. The van der Waals surface area contributed by atoms with Gasteiger partial charge in [0.2, 0.25) is 11.8 Å². The van der Waals surface area contributed by atoms with Crippen LogP contribution in [0.15, 0.2) is 42.0 Å². The van der Waals surface area contributed by atoms with Crippen molar-refractivity contribution in [1.82, 2.24) is 16.1 Å². The van der Waals surface area contributed by atoms with Crippen LogP contribution in [0.5, 0.6) is 5.75 Å². The summed E-state index contributed by atoms with van der Waals surface area (Å²) in [5.74, 6) is -0.561. The molecule has 1 aromatic carbocycles. The molecular formula is C18H24N4O4. The van der Waals surface area contributed by atoms with Crippen molar-refractivity contribution in [3.8, 4) is 5.75 Å². The van der Waals surface area contributed by atoms with Crippen molar-refractivity contribution in [2.75, 3.05) is 13.2 Å². The topological polar surface area (TPSA) is 109 Å². The van der Waals surface area contributed by atoms with Gasteiger partial charge in [0.1, 0.15) is 12.2 Å². The molecule has 0 aliphatic rings. The minimum Gasteiger partial charge on any atom is -0.484 e. The Balaban J connectivity index is 2.38. The minimum absolute atomic E-state index is 0.0599. The summed E-state index contributed by atoms with van der Waals surface area (Å²) in [5, 5.41) is 9.01. The van der Waals surface area contributed by atoms with Gasteiger partial charge in [0.15, 0.2) is 6.61 Å². The normalized spacial score (nSPS) is 10.4. The highest BCUT2D eigenvalue weighted by molar-refractivity contribution is 5.97. The largest absolute Gasteiger partial charge is 0.484 e. The molecule has 0 radical (unpaired) electrons. The number of carbonyl (C=O) groups is 3. The second-order valence-electron chi connectivity index (χ2n) is 5.64. The van der Waals surface area contributed by atoms with E-state index in [-0.39, 0.29) is 25.0 Å². The number of amides is 3. The maximum Gasteiger partial charge on any atom is 0.258 e. The number of benzene rings is 1. The maximum absolute atomic E-state index is 11.5. The van der Waals surface area contributed by atoms with Gasteiger partial charge in [-0.2, -0.15) is 5.10 Å². The van der Waals surface area contributed by atoms with Crippen molar-refractivity contribution in [2.24, 2.45) is 5.10 Å². The highest BCUT2D eigenvalue weighted by atomic mass is 16.5. The van der Waals surface area contributed by atoms with Crippen molar-refractivity contribution in [1.29, 1.82) is 0 Å². The van der Waals surface area contributed by atoms with E-state index >= 15 is 0 Å². The van der Waals surface area contributed by atoms with E-state index in [0.717, 1.165) is 5.56 Å². The summed E-state index contributed by atoms with van der Waals surface area (Å²) in [6.07, 6.45) is 2.66. The van der Waals surface area contributed by atoms with Crippen LogP contribution in [0.3, 0.4) is 0 Å². The quantitative estimate of drug-likeness (QED) is 0.247. The Morgan fingerprint density at radius 1 is 1.15 bits per heavy atom. The zero-order valence-corrected chi connectivity index (χ0v) is 15.0. The molecule has 0 atom stereocenters. The molecule has 0 bridgehead atoms. The van der Waals surface area contributed by atoms with Crippen LogP contribution in [-0.4, -0.2) is 43.1 Å². The predicted octanol–water partition coefficient (Wildman–Crippen LogP) is 0.732.